The number of hydrogen-bond acceptors (Lipinski definition) is 5. The van der Waals surface area contributed by atoms with Gasteiger partial charge in [0.25, 0.3) is 5.91 Å². The zero-order valence-corrected chi connectivity index (χ0v) is 18.3. The van der Waals surface area contributed by atoms with Crippen molar-refractivity contribution in [2.45, 2.75) is 58.5 Å². The smallest absolute Gasteiger partial charge is 0.338 e. The molecule has 160 valence electrons. The van der Waals surface area contributed by atoms with Gasteiger partial charge in [-0.25, -0.2) is 13.2 Å². The lowest BCUT2D eigenvalue weighted by atomic mass is 9.78. The fourth-order valence-electron chi connectivity index (χ4n) is 4.48. The highest BCUT2D eigenvalue weighted by Crippen LogP contribution is 2.35. The summed E-state index contributed by atoms with van der Waals surface area (Å²) in [5.74, 6) is 0.0950. The first-order valence-electron chi connectivity index (χ1n) is 10.2. The average molecular weight is 423 g/mol. The molecule has 1 fully saturated rings. The number of sulfonamides is 1. The summed E-state index contributed by atoms with van der Waals surface area (Å²) < 4.78 is 30.6. The second-order valence-corrected chi connectivity index (χ2v) is 10.3. The van der Waals surface area contributed by atoms with E-state index in [1.165, 1.54) is 17.0 Å². The van der Waals surface area contributed by atoms with Crippen LogP contribution in [0.25, 0.3) is 0 Å². The molecule has 1 amide bonds. The third-order valence-electron chi connectivity index (χ3n) is 6.21. The molecule has 29 heavy (non-hydrogen) atoms. The molecular formula is C21H30N2O5S. The maximum Gasteiger partial charge on any atom is 0.338 e. The predicted octanol–water partition coefficient (Wildman–Crippen LogP) is 2.49. The van der Waals surface area contributed by atoms with Gasteiger partial charge in [-0.2, -0.15) is 0 Å². The van der Waals surface area contributed by atoms with Crippen LogP contribution in [0.1, 0.15) is 56.0 Å². The van der Waals surface area contributed by atoms with Crippen LogP contribution in [-0.2, 0) is 26.0 Å². The fraction of sp³-hybridized carbons (Fsp3) is 0.619. The lowest BCUT2D eigenvalue weighted by Crippen LogP contribution is -2.45. The van der Waals surface area contributed by atoms with Crippen LogP contribution in [0, 0.1) is 11.8 Å². The minimum absolute atomic E-state index is 0.119. The number of benzene rings is 1. The van der Waals surface area contributed by atoms with Gasteiger partial charge in [0.2, 0.25) is 10.0 Å². The molecule has 1 saturated carbocycles. The zero-order chi connectivity index (χ0) is 21.3. The highest BCUT2D eigenvalue weighted by molar-refractivity contribution is 7.92. The molecule has 0 aromatic heterocycles. The van der Waals surface area contributed by atoms with Crippen LogP contribution in [0.2, 0.25) is 0 Å². The first-order chi connectivity index (χ1) is 13.6. The molecule has 7 nitrogen and oxygen atoms in total. The molecule has 8 heteroatoms. The lowest BCUT2D eigenvalue weighted by Gasteiger charge is -2.34. The molecule has 3 rings (SSSR count). The van der Waals surface area contributed by atoms with Crippen LogP contribution < -0.4 is 9.62 Å². The topological polar surface area (TPSA) is 92.8 Å². The van der Waals surface area contributed by atoms with Gasteiger partial charge < -0.3 is 10.1 Å². The van der Waals surface area contributed by atoms with Gasteiger partial charge >= 0.3 is 5.97 Å². The number of nitrogens with zero attached hydrogens (tertiary/aromatic N) is 1. The van der Waals surface area contributed by atoms with Crippen molar-refractivity contribution in [3.8, 4) is 0 Å². The Labute approximate surface area is 172 Å². The van der Waals surface area contributed by atoms with Crippen LogP contribution in [0.5, 0.6) is 0 Å². The highest BCUT2D eigenvalue weighted by atomic mass is 32.2. The van der Waals surface area contributed by atoms with Gasteiger partial charge in [-0.15, -0.1) is 0 Å². The first-order valence-corrected chi connectivity index (χ1v) is 12.0. The van der Waals surface area contributed by atoms with E-state index in [0.717, 1.165) is 18.4 Å². The Morgan fingerprint density at radius 2 is 1.93 bits per heavy atom. The van der Waals surface area contributed by atoms with Crippen LogP contribution >= 0.6 is 0 Å². The van der Waals surface area contributed by atoms with Crippen molar-refractivity contribution in [3.63, 3.8) is 0 Å². The lowest BCUT2D eigenvalue weighted by molar-refractivity contribution is -0.125. The van der Waals surface area contributed by atoms with Crippen molar-refractivity contribution in [2.75, 3.05) is 17.2 Å². The number of esters is 1. The van der Waals surface area contributed by atoms with Crippen molar-refractivity contribution in [2.24, 2.45) is 11.8 Å². The number of carbonyl (C=O) groups is 2. The molecule has 0 bridgehead atoms. The fourth-order valence-corrected chi connectivity index (χ4v) is 5.75. The quantitative estimate of drug-likeness (QED) is 0.736. The largest absolute Gasteiger partial charge is 0.452 e. The molecular weight excluding hydrogens is 392 g/mol. The molecule has 1 aromatic carbocycles. The Morgan fingerprint density at radius 3 is 2.62 bits per heavy atom. The normalized spacial score (nSPS) is 26.7. The van der Waals surface area contributed by atoms with E-state index in [1.807, 2.05) is 6.92 Å². The summed E-state index contributed by atoms with van der Waals surface area (Å²) in [7, 11) is -3.38. The van der Waals surface area contributed by atoms with E-state index in [9.17, 15) is 18.0 Å². The summed E-state index contributed by atoms with van der Waals surface area (Å²) in [5.41, 5.74) is 1.69. The van der Waals surface area contributed by atoms with Crippen molar-refractivity contribution < 1.29 is 22.7 Å². The van der Waals surface area contributed by atoms with Crippen molar-refractivity contribution >= 4 is 27.6 Å². The zero-order valence-electron chi connectivity index (χ0n) is 17.5. The maximum atomic E-state index is 12.4. The second kappa shape index (κ2) is 8.34. The highest BCUT2D eigenvalue weighted by Gasteiger charge is 2.33. The number of amides is 1. The molecule has 0 spiro atoms. The average Bonchev–Trinajstić information content (AvgIpc) is 2.98. The van der Waals surface area contributed by atoms with Crippen LogP contribution in [0.4, 0.5) is 5.69 Å². The van der Waals surface area contributed by atoms with Gasteiger partial charge in [0.1, 0.15) is 0 Å². The maximum absolute atomic E-state index is 12.4. The van der Waals surface area contributed by atoms with Gasteiger partial charge in [0, 0.05) is 12.1 Å². The summed E-state index contributed by atoms with van der Waals surface area (Å²) in [4.78, 5) is 24.6. The number of rotatable bonds is 5. The number of hydrogen-bond donors (Lipinski definition) is 1. The number of fused-ring (bicyclic) bond motifs is 1. The predicted molar refractivity (Wildman–Crippen MR) is 111 cm³/mol. The number of nitrogens with one attached hydrogen (secondary N) is 1. The molecule has 0 saturated heterocycles. The monoisotopic (exact) mass is 422 g/mol. The van der Waals surface area contributed by atoms with E-state index in [1.54, 1.807) is 18.2 Å². The number of anilines is 1. The Kier molecular flexibility index (Phi) is 6.22. The van der Waals surface area contributed by atoms with Crippen LogP contribution in [-0.4, -0.2) is 45.2 Å². The molecule has 1 N–H and O–H groups in total. The minimum atomic E-state index is -3.38. The van der Waals surface area contributed by atoms with Gasteiger partial charge in [-0.05, 0) is 55.4 Å². The minimum Gasteiger partial charge on any atom is -0.452 e. The third kappa shape index (κ3) is 4.74. The summed E-state index contributed by atoms with van der Waals surface area (Å²) in [6.07, 6.45) is 4.92. The summed E-state index contributed by atoms with van der Waals surface area (Å²) in [6, 6.07) is 4.74. The molecule has 2 aliphatic rings. The Morgan fingerprint density at radius 1 is 1.21 bits per heavy atom. The molecule has 4 atom stereocenters. The summed E-state index contributed by atoms with van der Waals surface area (Å²) in [6.45, 7) is 5.85. The van der Waals surface area contributed by atoms with Gasteiger partial charge in [-0.1, -0.05) is 26.7 Å². The number of ether oxygens (including phenoxy) is 1. The van der Waals surface area contributed by atoms with E-state index in [-0.39, 0.29) is 24.6 Å². The SMILES string of the molecule is C[C@@H]1[C@@H](C)CCC[C@H]1NC(=O)COC(=O)c1ccc2c(c1)C[C@H](C)N2S(C)(=O)=O. The van der Waals surface area contributed by atoms with E-state index < -0.39 is 16.0 Å². The van der Waals surface area contributed by atoms with Crippen molar-refractivity contribution in [3.05, 3.63) is 29.3 Å². The van der Waals surface area contributed by atoms with E-state index in [0.29, 0.717) is 29.5 Å². The molecule has 1 aliphatic heterocycles. The standard InChI is InChI=1S/C21H30N2O5S/c1-13-6-5-7-18(15(13)3)22-20(24)12-28-21(25)16-8-9-19-17(11-16)10-14(2)23(19)29(4,26)27/h8-9,11,13-15,18H,5-7,10,12H2,1-4H3,(H,22,24)/t13-,14-,15+,18+/m0/s1. The van der Waals surface area contributed by atoms with E-state index in [4.69, 9.17) is 4.74 Å². The van der Waals surface area contributed by atoms with Gasteiger partial charge in [0.05, 0.1) is 17.5 Å². The Hall–Kier alpha value is -2.09. The van der Waals surface area contributed by atoms with E-state index >= 15 is 0 Å². The second-order valence-electron chi connectivity index (χ2n) is 8.47. The van der Waals surface area contributed by atoms with E-state index in [2.05, 4.69) is 19.2 Å². The van der Waals surface area contributed by atoms with Crippen LogP contribution in [0.15, 0.2) is 18.2 Å². The first kappa shape index (κ1) is 21.6. The Bertz CT molecular complexity index is 898. The molecule has 1 aromatic rings. The molecule has 1 heterocycles. The third-order valence-corrected chi connectivity index (χ3v) is 7.48. The van der Waals surface area contributed by atoms with Gasteiger partial charge in [0.15, 0.2) is 6.61 Å². The summed E-state index contributed by atoms with van der Waals surface area (Å²) >= 11 is 0. The number of carbonyl (C=O) groups excluding carboxylic acids is 2. The molecule has 1 aliphatic carbocycles. The molecule has 0 radical (unpaired) electrons. The Balaban J connectivity index is 1.59. The van der Waals surface area contributed by atoms with Crippen LogP contribution in [0.3, 0.4) is 0 Å². The molecule has 0 unspecified atom stereocenters. The van der Waals surface area contributed by atoms with Crippen molar-refractivity contribution in [1.82, 2.24) is 5.32 Å². The van der Waals surface area contributed by atoms with Gasteiger partial charge in [-0.3, -0.25) is 9.10 Å². The summed E-state index contributed by atoms with van der Waals surface area (Å²) in [5, 5.41) is 2.99. The van der Waals surface area contributed by atoms with Crippen molar-refractivity contribution in [1.29, 1.82) is 0 Å².